The summed E-state index contributed by atoms with van der Waals surface area (Å²) in [5.41, 5.74) is 0. The molecule has 0 aliphatic carbocycles. The molecule has 0 aliphatic heterocycles. The van der Waals surface area contributed by atoms with Gasteiger partial charge in [-0.25, -0.2) is 9.13 Å². The molecule has 0 unspecified atom stereocenters. The van der Waals surface area contributed by atoms with E-state index >= 15 is 0 Å². The SMILES string of the molecule is C=COP(=O)(OC=C)O[P+](=O)OP(=O)(OC=C)OC=C. The highest BCUT2D eigenvalue weighted by Crippen LogP contribution is 2.64. The smallest absolute Gasteiger partial charge is 0.401 e. The minimum atomic E-state index is -4.33. The van der Waals surface area contributed by atoms with Crippen LogP contribution in [0.4, 0.5) is 0 Å². The second-order valence-electron chi connectivity index (χ2n) is 2.37. The second-order valence-corrected chi connectivity index (χ2v) is 6.76. The summed E-state index contributed by atoms with van der Waals surface area (Å²) in [7, 11) is -11.9. The molecule has 0 atom stereocenters. The quantitative estimate of drug-likeness (QED) is 0.372. The van der Waals surface area contributed by atoms with Crippen molar-refractivity contribution in [1.29, 1.82) is 0 Å². The molecule has 0 aromatic carbocycles. The third kappa shape index (κ3) is 6.70. The fourth-order valence-corrected chi connectivity index (χ4v) is 3.81. The van der Waals surface area contributed by atoms with E-state index in [4.69, 9.17) is 0 Å². The predicted molar refractivity (Wildman–Crippen MR) is 70.1 cm³/mol. The first-order valence-electron chi connectivity index (χ1n) is 4.58. The summed E-state index contributed by atoms with van der Waals surface area (Å²) < 4.78 is 61.3. The monoisotopic (exact) mass is 345 g/mol. The summed E-state index contributed by atoms with van der Waals surface area (Å²) in [4.78, 5) is 0. The number of phosphoric ester groups is 2. The molecule has 0 radical (unpaired) electrons. The summed E-state index contributed by atoms with van der Waals surface area (Å²) in [6.07, 6.45) is 2.86. The van der Waals surface area contributed by atoms with Crippen molar-refractivity contribution in [3.63, 3.8) is 0 Å². The van der Waals surface area contributed by atoms with Gasteiger partial charge in [0.1, 0.15) is 0 Å². The van der Waals surface area contributed by atoms with Crippen molar-refractivity contribution in [2.45, 2.75) is 0 Å². The topological polar surface area (TPSA) is 107 Å². The highest BCUT2D eigenvalue weighted by atomic mass is 31.3. The highest BCUT2D eigenvalue weighted by Gasteiger charge is 2.49. The van der Waals surface area contributed by atoms with Crippen LogP contribution < -0.4 is 0 Å². The van der Waals surface area contributed by atoms with Crippen LogP contribution in [-0.4, -0.2) is 0 Å². The van der Waals surface area contributed by atoms with Crippen LogP contribution in [0.3, 0.4) is 0 Å². The van der Waals surface area contributed by atoms with Gasteiger partial charge >= 0.3 is 23.9 Å². The summed E-state index contributed by atoms with van der Waals surface area (Å²) in [6.45, 7) is 12.5. The fraction of sp³-hybridized carbons (Fsp3) is 0. The first-order valence-corrected chi connectivity index (χ1v) is 8.60. The fourth-order valence-electron chi connectivity index (χ4n) is 0.670. The maximum absolute atomic E-state index is 11.7. The molecule has 12 heteroatoms. The number of hydrogen-bond donors (Lipinski definition) is 0. The van der Waals surface area contributed by atoms with Crippen molar-refractivity contribution in [3.8, 4) is 0 Å². The van der Waals surface area contributed by atoms with Crippen molar-refractivity contribution in [2.24, 2.45) is 0 Å². The van der Waals surface area contributed by atoms with Gasteiger partial charge in [-0.15, -0.1) is 0 Å². The molecule has 20 heavy (non-hydrogen) atoms. The van der Waals surface area contributed by atoms with Crippen LogP contribution in [0.5, 0.6) is 0 Å². The van der Waals surface area contributed by atoms with Crippen LogP contribution in [0, 0.1) is 0 Å². The lowest BCUT2D eigenvalue weighted by Gasteiger charge is -2.09. The third-order valence-electron chi connectivity index (χ3n) is 1.15. The molecule has 0 aromatic rings. The normalized spacial score (nSPS) is 10.8. The van der Waals surface area contributed by atoms with E-state index in [1.165, 1.54) is 0 Å². The van der Waals surface area contributed by atoms with Gasteiger partial charge in [-0.05, 0) is 0 Å². The van der Waals surface area contributed by atoms with Crippen molar-refractivity contribution in [3.05, 3.63) is 51.4 Å². The van der Waals surface area contributed by atoms with Crippen molar-refractivity contribution >= 4 is 23.9 Å². The van der Waals surface area contributed by atoms with E-state index in [-0.39, 0.29) is 0 Å². The van der Waals surface area contributed by atoms with E-state index in [0.29, 0.717) is 25.0 Å². The third-order valence-corrected chi connectivity index (χ3v) is 5.44. The Morgan fingerprint density at radius 3 is 1.15 bits per heavy atom. The molecule has 112 valence electrons. The summed E-state index contributed by atoms with van der Waals surface area (Å²) in [6, 6.07) is 0. The molecule has 0 aromatic heterocycles. The number of rotatable bonds is 12. The van der Waals surface area contributed by atoms with Crippen LogP contribution >= 0.6 is 23.9 Å². The molecular weight excluding hydrogens is 333 g/mol. The molecule has 0 rings (SSSR count). The largest absolute Gasteiger partial charge is 0.722 e. The Hall–Kier alpha value is -1.36. The van der Waals surface area contributed by atoms with Gasteiger partial charge in [0.2, 0.25) is 0 Å². The standard InChI is InChI=1S/C8H12O9P3/c1-5-12-19(10,13-6-2)16-18(9)17-20(11,14-7-3)15-8-4/h5-8H,1-4H2/q+1. The molecular formula is C8H12O9P3+. The van der Waals surface area contributed by atoms with Gasteiger partial charge in [0.25, 0.3) is 0 Å². The zero-order chi connectivity index (χ0) is 15.6. The Labute approximate surface area is 116 Å². The van der Waals surface area contributed by atoms with E-state index in [9.17, 15) is 13.7 Å². The maximum Gasteiger partial charge on any atom is 0.722 e. The van der Waals surface area contributed by atoms with Crippen molar-refractivity contribution < 1.29 is 40.4 Å². The Bertz CT molecular complexity index is 416. The Morgan fingerprint density at radius 2 is 0.950 bits per heavy atom. The van der Waals surface area contributed by atoms with Crippen LogP contribution in [0.2, 0.25) is 0 Å². The van der Waals surface area contributed by atoms with Gasteiger partial charge in [0.05, 0.1) is 25.0 Å². The summed E-state index contributed by atoms with van der Waals surface area (Å²) in [5, 5.41) is 0. The first-order chi connectivity index (χ1) is 9.34. The number of phosphoric acid groups is 2. The van der Waals surface area contributed by atoms with E-state index in [0.717, 1.165) is 0 Å². The summed E-state index contributed by atoms with van der Waals surface area (Å²) >= 11 is 0. The maximum atomic E-state index is 11.7. The molecule has 0 fully saturated rings. The zero-order valence-electron chi connectivity index (χ0n) is 10.2. The van der Waals surface area contributed by atoms with Gasteiger partial charge in [0.15, 0.2) is 0 Å². The van der Waals surface area contributed by atoms with Crippen molar-refractivity contribution in [1.82, 2.24) is 0 Å². The Balaban J connectivity index is 4.89. The van der Waals surface area contributed by atoms with Gasteiger partial charge in [-0.1, -0.05) is 26.3 Å². The van der Waals surface area contributed by atoms with Crippen molar-refractivity contribution in [2.75, 3.05) is 0 Å². The van der Waals surface area contributed by atoms with Crippen LogP contribution in [-0.2, 0) is 40.4 Å². The minimum absolute atomic E-state index is 0.716. The molecule has 0 saturated carbocycles. The minimum Gasteiger partial charge on any atom is -0.401 e. The molecule has 0 amide bonds. The van der Waals surface area contributed by atoms with E-state index < -0.39 is 23.9 Å². The molecule has 9 nitrogen and oxygen atoms in total. The van der Waals surface area contributed by atoms with Gasteiger partial charge in [-0.3, -0.25) is 0 Å². The van der Waals surface area contributed by atoms with E-state index in [1.54, 1.807) is 0 Å². The lowest BCUT2D eigenvalue weighted by Crippen LogP contribution is -1.91. The average molecular weight is 345 g/mol. The Morgan fingerprint density at radius 1 is 0.700 bits per heavy atom. The molecule has 0 heterocycles. The number of hydrogen-bond acceptors (Lipinski definition) is 9. The van der Waals surface area contributed by atoms with Crippen LogP contribution in [0.15, 0.2) is 51.4 Å². The van der Waals surface area contributed by atoms with Gasteiger partial charge in [-0.2, -0.15) is 0 Å². The first kappa shape index (κ1) is 18.6. The summed E-state index contributed by atoms with van der Waals surface area (Å²) in [5.74, 6) is 0. The average Bonchev–Trinajstić information content (AvgIpc) is 2.28. The zero-order valence-corrected chi connectivity index (χ0v) is 12.8. The van der Waals surface area contributed by atoms with Gasteiger partial charge < -0.3 is 18.1 Å². The van der Waals surface area contributed by atoms with Gasteiger partial charge in [0, 0.05) is 13.2 Å². The lowest BCUT2D eigenvalue weighted by atomic mass is 11.2. The molecule has 0 aliphatic rings. The molecule has 0 spiro atoms. The lowest BCUT2D eigenvalue weighted by molar-refractivity contribution is 0.225. The van der Waals surface area contributed by atoms with E-state index in [1.807, 2.05) is 0 Å². The molecule has 0 saturated heterocycles. The predicted octanol–water partition coefficient (Wildman–Crippen LogP) is 4.53. The molecule has 0 N–H and O–H groups in total. The van der Waals surface area contributed by atoms with Crippen LogP contribution in [0.25, 0.3) is 0 Å². The Kier molecular flexibility index (Phi) is 8.15. The highest BCUT2D eigenvalue weighted by molar-refractivity contribution is 7.62. The molecule has 0 bridgehead atoms. The van der Waals surface area contributed by atoms with Crippen LogP contribution in [0.1, 0.15) is 0 Å². The second kappa shape index (κ2) is 8.74. The van der Waals surface area contributed by atoms with E-state index in [2.05, 4.69) is 53.0 Å².